The first-order valence-corrected chi connectivity index (χ1v) is 3.56. The number of hydrogen-bond acceptors (Lipinski definition) is 1. The van der Waals surface area contributed by atoms with Crippen molar-refractivity contribution in [2.45, 2.75) is 19.3 Å². The molecule has 1 aromatic heterocycles. The SMILES string of the molecule is Cn1[nH]c2c(c1=O)CCC2. The molecule has 0 radical (unpaired) electrons. The van der Waals surface area contributed by atoms with E-state index in [0.29, 0.717) is 0 Å². The van der Waals surface area contributed by atoms with Gasteiger partial charge in [0.1, 0.15) is 0 Å². The molecule has 2 rings (SSSR count). The molecule has 0 aromatic carbocycles. The van der Waals surface area contributed by atoms with Crippen LogP contribution < -0.4 is 5.56 Å². The van der Waals surface area contributed by atoms with E-state index in [1.54, 1.807) is 11.7 Å². The summed E-state index contributed by atoms with van der Waals surface area (Å²) in [6, 6.07) is 0. The van der Waals surface area contributed by atoms with Gasteiger partial charge in [-0.2, -0.15) is 0 Å². The minimum absolute atomic E-state index is 0.160. The smallest absolute Gasteiger partial charge is 0.269 e. The fourth-order valence-electron chi connectivity index (χ4n) is 1.56. The molecular weight excluding hydrogens is 128 g/mol. The molecule has 0 spiro atoms. The summed E-state index contributed by atoms with van der Waals surface area (Å²) in [4.78, 5) is 11.2. The highest BCUT2D eigenvalue weighted by Crippen LogP contribution is 2.14. The molecule has 0 aliphatic heterocycles. The highest BCUT2D eigenvalue weighted by Gasteiger charge is 2.16. The van der Waals surface area contributed by atoms with Crippen LogP contribution in [-0.2, 0) is 19.9 Å². The zero-order valence-corrected chi connectivity index (χ0v) is 5.98. The number of aryl methyl sites for hydroxylation is 2. The minimum atomic E-state index is 0.160. The first-order chi connectivity index (χ1) is 4.79. The summed E-state index contributed by atoms with van der Waals surface area (Å²) in [5.41, 5.74) is 2.31. The van der Waals surface area contributed by atoms with Crippen LogP contribution in [0.15, 0.2) is 4.79 Å². The zero-order valence-electron chi connectivity index (χ0n) is 5.98. The van der Waals surface area contributed by atoms with Crippen molar-refractivity contribution in [1.29, 1.82) is 0 Å². The van der Waals surface area contributed by atoms with Crippen molar-refractivity contribution in [3.05, 3.63) is 21.6 Å². The average Bonchev–Trinajstić information content (AvgIpc) is 2.41. The molecule has 0 fully saturated rings. The maximum Gasteiger partial charge on any atom is 0.269 e. The van der Waals surface area contributed by atoms with Gasteiger partial charge >= 0.3 is 0 Å². The zero-order chi connectivity index (χ0) is 7.14. The van der Waals surface area contributed by atoms with Crippen LogP contribution in [0.25, 0.3) is 0 Å². The fraction of sp³-hybridized carbons (Fsp3) is 0.571. The Morgan fingerprint density at radius 1 is 1.50 bits per heavy atom. The van der Waals surface area contributed by atoms with Crippen LogP contribution in [-0.4, -0.2) is 9.78 Å². The predicted molar refractivity (Wildman–Crippen MR) is 38.1 cm³/mol. The number of fused-ring (bicyclic) bond motifs is 1. The van der Waals surface area contributed by atoms with Crippen LogP contribution in [0.1, 0.15) is 17.7 Å². The molecule has 54 valence electrons. The second-order valence-electron chi connectivity index (χ2n) is 2.79. The molecular formula is C7H10N2O. The van der Waals surface area contributed by atoms with E-state index < -0.39 is 0 Å². The number of H-pyrrole nitrogens is 1. The van der Waals surface area contributed by atoms with Crippen molar-refractivity contribution in [1.82, 2.24) is 9.78 Å². The Morgan fingerprint density at radius 3 is 3.00 bits per heavy atom. The molecule has 0 bridgehead atoms. The topological polar surface area (TPSA) is 37.8 Å². The third kappa shape index (κ3) is 0.574. The third-order valence-electron chi connectivity index (χ3n) is 2.08. The number of hydrogen-bond donors (Lipinski definition) is 1. The molecule has 0 unspecified atom stereocenters. The molecule has 0 saturated heterocycles. The normalized spacial score (nSPS) is 15.7. The van der Waals surface area contributed by atoms with Gasteiger partial charge in [-0.3, -0.25) is 14.6 Å². The molecule has 1 aliphatic carbocycles. The molecule has 0 amide bonds. The summed E-state index contributed by atoms with van der Waals surface area (Å²) in [5.74, 6) is 0. The molecule has 10 heavy (non-hydrogen) atoms. The van der Waals surface area contributed by atoms with Crippen molar-refractivity contribution < 1.29 is 0 Å². The van der Waals surface area contributed by atoms with Gasteiger partial charge in [-0.1, -0.05) is 0 Å². The molecule has 3 heteroatoms. The lowest BCUT2D eigenvalue weighted by molar-refractivity contribution is 0.703. The minimum Gasteiger partial charge on any atom is -0.300 e. The van der Waals surface area contributed by atoms with Crippen molar-refractivity contribution in [3.8, 4) is 0 Å². The van der Waals surface area contributed by atoms with Crippen LogP contribution in [0.3, 0.4) is 0 Å². The lowest BCUT2D eigenvalue weighted by Crippen LogP contribution is -2.14. The van der Waals surface area contributed by atoms with Gasteiger partial charge in [0.2, 0.25) is 0 Å². The van der Waals surface area contributed by atoms with Crippen molar-refractivity contribution in [3.63, 3.8) is 0 Å². The summed E-state index contributed by atoms with van der Waals surface area (Å²) in [6.07, 6.45) is 3.15. The van der Waals surface area contributed by atoms with Crippen LogP contribution in [0.4, 0.5) is 0 Å². The standard InChI is InChI=1S/C7H10N2O/c1-9-7(10)5-3-2-4-6(5)8-9/h8H,2-4H2,1H3. The second kappa shape index (κ2) is 1.75. The maximum atomic E-state index is 11.2. The summed E-state index contributed by atoms with van der Waals surface area (Å²) in [5, 5.41) is 3.03. The molecule has 1 aliphatic rings. The van der Waals surface area contributed by atoms with Gasteiger partial charge in [-0.25, -0.2) is 0 Å². The summed E-state index contributed by atoms with van der Waals surface area (Å²) < 4.78 is 1.56. The van der Waals surface area contributed by atoms with Crippen LogP contribution in [0, 0.1) is 0 Å². The van der Waals surface area contributed by atoms with E-state index in [9.17, 15) is 4.79 Å². The van der Waals surface area contributed by atoms with Gasteiger partial charge in [0, 0.05) is 18.3 Å². The number of nitrogens with one attached hydrogen (secondary N) is 1. The Labute approximate surface area is 58.7 Å². The van der Waals surface area contributed by atoms with Gasteiger partial charge in [-0.15, -0.1) is 0 Å². The van der Waals surface area contributed by atoms with Gasteiger partial charge in [0.15, 0.2) is 0 Å². The molecule has 1 heterocycles. The monoisotopic (exact) mass is 138 g/mol. The highest BCUT2D eigenvalue weighted by atomic mass is 16.1. The molecule has 1 N–H and O–H groups in total. The van der Waals surface area contributed by atoms with Gasteiger partial charge in [-0.05, 0) is 19.3 Å². The molecule has 0 saturated carbocycles. The van der Waals surface area contributed by atoms with E-state index in [1.165, 1.54) is 0 Å². The van der Waals surface area contributed by atoms with Gasteiger partial charge in [0.25, 0.3) is 5.56 Å². The van der Waals surface area contributed by atoms with Crippen molar-refractivity contribution in [2.75, 3.05) is 0 Å². The predicted octanol–water partition coefficient (Wildman–Crippen LogP) is 0.202. The van der Waals surface area contributed by atoms with E-state index >= 15 is 0 Å². The van der Waals surface area contributed by atoms with Gasteiger partial charge in [0.05, 0.1) is 0 Å². The Morgan fingerprint density at radius 2 is 2.30 bits per heavy atom. The van der Waals surface area contributed by atoms with Gasteiger partial charge < -0.3 is 0 Å². The van der Waals surface area contributed by atoms with E-state index in [0.717, 1.165) is 30.5 Å². The number of rotatable bonds is 0. The van der Waals surface area contributed by atoms with Crippen LogP contribution in [0.2, 0.25) is 0 Å². The Bertz CT molecular complexity index is 308. The van der Waals surface area contributed by atoms with Crippen molar-refractivity contribution in [2.24, 2.45) is 7.05 Å². The van der Waals surface area contributed by atoms with Crippen LogP contribution in [0.5, 0.6) is 0 Å². The Hall–Kier alpha value is -0.990. The highest BCUT2D eigenvalue weighted by molar-refractivity contribution is 5.21. The molecule has 3 nitrogen and oxygen atoms in total. The average molecular weight is 138 g/mol. The summed E-state index contributed by atoms with van der Waals surface area (Å²) >= 11 is 0. The Balaban J connectivity index is 2.71. The first kappa shape index (κ1) is 5.77. The number of aromatic nitrogens is 2. The molecule has 0 atom stereocenters. The first-order valence-electron chi connectivity index (χ1n) is 3.56. The van der Waals surface area contributed by atoms with E-state index in [-0.39, 0.29) is 5.56 Å². The lowest BCUT2D eigenvalue weighted by atomic mass is 10.3. The lowest BCUT2D eigenvalue weighted by Gasteiger charge is -1.88. The largest absolute Gasteiger partial charge is 0.300 e. The summed E-state index contributed by atoms with van der Waals surface area (Å²) in [6.45, 7) is 0. The summed E-state index contributed by atoms with van der Waals surface area (Å²) in [7, 11) is 1.76. The third-order valence-corrected chi connectivity index (χ3v) is 2.08. The maximum absolute atomic E-state index is 11.2. The number of aromatic amines is 1. The Kier molecular flexibility index (Phi) is 1.01. The van der Waals surface area contributed by atoms with Crippen molar-refractivity contribution >= 4 is 0 Å². The van der Waals surface area contributed by atoms with E-state index in [2.05, 4.69) is 5.10 Å². The van der Waals surface area contributed by atoms with E-state index in [1.807, 2.05) is 0 Å². The molecule has 1 aromatic rings. The second-order valence-corrected chi connectivity index (χ2v) is 2.79. The fourth-order valence-corrected chi connectivity index (χ4v) is 1.56. The van der Waals surface area contributed by atoms with E-state index in [4.69, 9.17) is 0 Å². The number of nitrogens with zero attached hydrogens (tertiary/aromatic N) is 1. The van der Waals surface area contributed by atoms with Crippen LogP contribution >= 0.6 is 0 Å². The quantitative estimate of drug-likeness (QED) is 0.546.